The van der Waals surface area contributed by atoms with E-state index in [4.69, 9.17) is 13.9 Å². The largest absolute Gasteiger partial charge is 0.504 e. The molecule has 4 rings (SSSR count). The molecule has 1 N–H and O–H groups in total. The lowest BCUT2D eigenvalue weighted by Gasteiger charge is -2.13. The van der Waals surface area contributed by atoms with Gasteiger partial charge in [-0.25, -0.2) is 4.79 Å². The second-order valence-corrected chi connectivity index (χ2v) is 7.58. The van der Waals surface area contributed by atoms with Gasteiger partial charge in [0.2, 0.25) is 0 Å². The summed E-state index contributed by atoms with van der Waals surface area (Å²) in [5, 5.41) is 10.5. The molecule has 0 aliphatic heterocycles. The average Bonchev–Trinajstić information content (AvgIpc) is 2.81. The topological polar surface area (TPSA) is 81.8 Å². The van der Waals surface area contributed by atoms with Crippen LogP contribution in [0.15, 0.2) is 88.3 Å². The van der Waals surface area contributed by atoms with Crippen molar-refractivity contribution in [2.75, 3.05) is 0 Å². The Labute approximate surface area is 185 Å². The molecule has 4 aromatic rings. The van der Waals surface area contributed by atoms with Gasteiger partial charge < -0.3 is 19.0 Å². The van der Waals surface area contributed by atoms with Crippen molar-refractivity contribution in [3.63, 3.8) is 0 Å². The van der Waals surface area contributed by atoms with Crippen LogP contribution in [0.2, 0.25) is 0 Å². The highest BCUT2D eigenvalue weighted by molar-refractivity contribution is 5.61. The summed E-state index contributed by atoms with van der Waals surface area (Å²) in [4.78, 5) is 16.6. The highest BCUT2D eigenvalue weighted by Crippen LogP contribution is 2.35. The van der Waals surface area contributed by atoms with Crippen LogP contribution in [0.3, 0.4) is 0 Å². The van der Waals surface area contributed by atoms with Gasteiger partial charge in [0.1, 0.15) is 23.9 Å². The number of hydrogen-bond donors (Lipinski definition) is 1. The Balaban J connectivity index is 1.52. The molecule has 162 valence electrons. The monoisotopic (exact) mass is 429 g/mol. The van der Waals surface area contributed by atoms with E-state index in [2.05, 4.69) is 4.98 Å². The Morgan fingerprint density at radius 1 is 1.03 bits per heavy atom. The molecular formula is C26H23NO5. The fourth-order valence-electron chi connectivity index (χ4n) is 3.23. The summed E-state index contributed by atoms with van der Waals surface area (Å²) in [6.07, 6.45) is 3.45. The van der Waals surface area contributed by atoms with Gasteiger partial charge in [-0.2, -0.15) is 0 Å². The smallest absolute Gasteiger partial charge is 0.383 e. The number of ether oxygens (including phenoxy) is 2. The molecule has 0 aliphatic carbocycles. The molecule has 2 aromatic carbocycles. The van der Waals surface area contributed by atoms with E-state index >= 15 is 0 Å². The molecule has 0 aliphatic rings. The van der Waals surface area contributed by atoms with Crippen molar-refractivity contribution in [2.45, 2.75) is 26.4 Å². The van der Waals surface area contributed by atoms with Crippen molar-refractivity contribution in [2.24, 2.45) is 0 Å². The SMILES string of the molecule is CC(C)c1ccccc1Oc1c(O)cc(-c2ccc(OCc3cccnc3)cc2)oc1=O. The molecule has 0 radical (unpaired) electrons. The fraction of sp³-hybridized carbons (Fsp3) is 0.154. The molecule has 0 bridgehead atoms. The van der Waals surface area contributed by atoms with E-state index in [1.807, 2.05) is 44.2 Å². The van der Waals surface area contributed by atoms with E-state index in [1.165, 1.54) is 6.07 Å². The first-order valence-electron chi connectivity index (χ1n) is 10.3. The molecule has 0 unspecified atom stereocenters. The molecule has 6 heteroatoms. The van der Waals surface area contributed by atoms with Gasteiger partial charge in [0.25, 0.3) is 5.75 Å². The van der Waals surface area contributed by atoms with Gasteiger partial charge in [0, 0.05) is 29.6 Å². The molecule has 0 saturated heterocycles. The second kappa shape index (κ2) is 9.39. The first kappa shape index (κ1) is 21.2. The summed E-state index contributed by atoms with van der Waals surface area (Å²) in [6, 6.07) is 19.6. The van der Waals surface area contributed by atoms with Gasteiger partial charge in [0.05, 0.1) is 0 Å². The Morgan fingerprint density at radius 3 is 2.50 bits per heavy atom. The van der Waals surface area contributed by atoms with Crippen molar-refractivity contribution in [3.05, 3.63) is 101 Å². The summed E-state index contributed by atoms with van der Waals surface area (Å²) in [7, 11) is 0. The molecule has 2 aromatic heterocycles. The van der Waals surface area contributed by atoms with E-state index in [0.29, 0.717) is 23.7 Å². The Bertz CT molecular complexity index is 1250. The maximum Gasteiger partial charge on any atom is 0.383 e. The molecule has 0 saturated carbocycles. The van der Waals surface area contributed by atoms with Crippen molar-refractivity contribution in [1.29, 1.82) is 0 Å². The van der Waals surface area contributed by atoms with Crippen molar-refractivity contribution >= 4 is 0 Å². The first-order chi connectivity index (χ1) is 15.5. The molecule has 0 spiro atoms. The van der Waals surface area contributed by atoms with Crippen LogP contribution in [0.25, 0.3) is 11.3 Å². The zero-order valence-corrected chi connectivity index (χ0v) is 17.8. The highest BCUT2D eigenvalue weighted by Gasteiger charge is 2.17. The summed E-state index contributed by atoms with van der Waals surface area (Å²) in [5.74, 6) is 1.07. The molecular weight excluding hydrogens is 406 g/mol. The van der Waals surface area contributed by atoms with Gasteiger partial charge in [0.15, 0.2) is 5.75 Å². The summed E-state index contributed by atoms with van der Waals surface area (Å²) < 4.78 is 16.9. The van der Waals surface area contributed by atoms with Crippen LogP contribution in [0.5, 0.6) is 23.0 Å². The quantitative estimate of drug-likeness (QED) is 0.394. The molecule has 0 amide bonds. The molecule has 0 fully saturated rings. The first-order valence-corrected chi connectivity index (χ1v) is 10.3. The number of pyridine rings is 1. The van der Waals surface area contributed by atoms with Crippen LogP contribution in [0, 0.1) is 0 Å². The molecule has 0 atom stereocenters. The van der Waals surface area contributed by atoms with E-state index in [9.17, 15) is 9.90 Å². The van der Waals surface area contributed by atoms with E-state index < -0.39 is 5.63 Å². The lowest BCUT2D eigenvalue weighted by molar-refractivity contribution is 0.306. The lowest BCUT2D eigenvalue weighted by Crippen LogP contribution is -2.05. The third kappa shape index (κ3) is 4.81. The minimum absolute atomic E-state index is 0.193. The number of rotatable bonds is 7. The maximum absolute atomic E-state index is 12.6. The second-order valence-electron chi connectivity index (χ2n) is 7.58. The van der Waals surface area contributed by atoms with E-state index in [0.717, 1.165) is 11.1 Å². The summed E-state index contributed by atoms with van der Waals surface area (Å²) in [6.45, 7) is 4.45. The van der Waals surface area contributed by atoms with Crippen LogP contribution < -0.4 is 15.1 Å². The number of nitrogens with zero attached hydrogens (tertiary/aromatic N) is 1. The zero-order valence-electron chi connectivity index (χ0n) is 17.8. The maximum atomic E-state index is 12.6. The molecule has 6 nitrogen and oxygen atoms in total. The standard InChI is InChI=1S/C26H23NO5/c1-17(2)21-7-3-4-8-23(21)31-25-22(28)14-24(32-26(25)29)19-9-11-20(12-10-19)30-16-18-6-5-13-27-15-18/h3-15,17,28H,16H2,1-2H3. The Hall–Kier alpha value is -4.06. The van der Waals surface area contributed by atoms with Crippen LogP contribution in [-0.4, -0.2) is 10.1 Å². The van der Waals surface area contributed by atoms with Crippen molar-refractivity contribution in [3.8, 4) is 34.3 Å². The lowest BCUT2D eigenvalue weighted by atomic mass is 10.0. The van der Waals surface area contributed by atoms with Gasteiger partial charge in [-0.15, -0.1) is 0 Å². The number of hydrogen-bond acceptors (Lipinski definition) is 6. The van der Waals surface area contributed by atoms with Crippen LogP contribution in [0.4, 0.5) is 0 Å². The van der Waals surface area contributed by atoms with Crippen LogP contribution >= 0.6 is 0 Å². The Kier molecular flexibility index (Phi) is 6.22. The predicted octanol–water partition coefficient (Wildman–Crippen LogP) is 5.90. The molecule has 2 heterocycles. The summed E-state index contributed by atoms with van der Waals surface area (Å²) in [5.41, 5.74) is 1.76. The fourth-order valence-corrected chi connectivity index (χ4v) is 3.23. The number of aromatic hydroxyl groups is 1. The number of aromatic nitrogens is 1. The van der Waals surface area contributed by atoms with Crippen LogP contribution in [-0.2, 0) is 6.61 Å². The van der Waals surface area contributed by atoms with Gasteiger partial charge in [-0.1, -0.05) is 38.1 Å². The van der Waals surface area contributed by atoms with E-state index in [-0.39, 0.29) is 23.2 Å². The van der Waals surface area contributed by atoms with Gasteiger partial charge in [-0.05, 0) is 47.9 Å². The highest BCUT2D eigenvalue weighted by atomic mass is 16.5. The Morgan fingerprint density at radius 2 is 1.81 bits per heavy atom. The zero-order chi connectivity index (χ0) is 22.5. The third-order valence-electron chi connectivity index (χ3n) is 4.91. The summed E-state index contributed by atoms with van der Waals surface area (Å²) >= 11 is 0. The molecule has 32 heavy (non-hydrogen) atoms. The van der Waals surface area contributed by atoms with Gasteiger partial charge in [-0.3, -0.25) is 4.98 Å². The van der Waals surface area contributed by atoms with Gasteiger partial charge >= 0.3 is 5.63 Å². The minimum atomic E-state index is -0.754. The minimum Gasteiger partial charge on any atom is -0.504 e. The van der Waals surface area contributed by atoms with Crippen LogP contribution in [0.1, 0.15) is 30.9 Å². The third-order valence-corrected chi connectivity index (χ3v) is 4.91. The van der Waals surface area contributed by atoms with Crippen molar-refractivity contribution < 1.29 is 19.0 Å². The number of para-hydroxylation sites is 1. The predicted molar refractivity (Wildman–Crippen MR) is 121 cm³/mol. The van der Waals surface area contributed by atoms with Crippen molar-refractivity contribution in [1.82, 2.24) is 4.98 Å². The normalized spacial score (nSPS) is 10.8. The number of benzene rings is 2. The average molecular weight is 429 g/mol. The van der Waals surface area contributed by atoms with E-state index in [1.54, 1.807) is 42.7 Å².